The smallest absolute Gasteiger partial charge is 0.0712 e. The molecule has 0 amide bonds. The number of aryl methyl sites for hydroxylation is 1. The van der Waals surface area contributed by atoms with E-state index < -0.39 is 0 Å². The Morgan fingerprint density at radius 2 is 1.75 bits per heavy atom. The molecule has 0 aromatic heterocycles. The van der Waals surface area contributed by atoms with Gasteiger partial charge in [0.2, 0.25) is 0 Å². The normalized spacial score (nSPS) is 25.6. The molecular formula is C18H28ClN. The molecule has 1 aliphatic rings. The lowest BCUT2D eigenvalue weighted by Crippen LogP contribution is -2.45. The molecule has 3 atom stereocenters. The molecule has 1 aromatic rings. The molecule has 1 nitrogen and oxygen atoms in total. The predicted octanol–water partition coefficient (Wildman–Crippen LogP) is 5.18. The number of hydrogen-bond acceptors (Lipinski definition) is 1. The minimum atomic E-state index is 0.105. The van der Waals surface area contributed by atoms with Crippen LogP contribution in [-0.4, -0.2) is 23.5 Å². The first kappa shape index (κ1) is 15.9. The van der Waals surface area contributed by atoms with Crippen LogP contribution in [0.15, 0.2) is 24.3 Å². The van der Waals surface area contributed by atoms with Crippen LogP contribution in [0.3, 0.4) is 0 Å². The van der Waals surface area contributed by atoms with Crippen molar-refractivity contribution in [1.29, 1.82) is 0 Å². The number of rotatable bonds is 5. The summed E-state index contributed by atoms with van der Waals surface area (Å²) >= 11 is 6.66. The van der Waals surface area contributed by atoms with E-state index in [1.165, 1.54) is 36.8 Å². The maximum Gasteiger partial charge on any atom is 0.0712 e. The van der Waals surface area contributed by atoms with Gasteiger partial charge in [-0.05, 0) is 44.2 Å². The van der Waals surface area contributed by atoms with Gasteiger partial charge < -0.3 is 0 Å². The molecule has 1 saturated heterocycles. The Labute approximate surface area is 129 Å². The van der Waals surface area contributed by atoms with E-state index in [1.54, 1.807) is 0 Å². The fourth-order valence-electron chi connectivity index (χ4n) is 3.31. The Morgan fingerprint density at radius 1 is 1.15 bits per heavy atom. The molecule has 1 heterocycles. The Hall–Kier alpha value is -0.530. The molecular weight excluding hydrogens is 266 g/mol. The maximum absolute atomic E-state index is 6.66. The van der Waals surface area contributed by atoms with Gasteiger partial charge in [0, 0.05) is 18.6 Å². The van der Waals surface area contributed by atoms with Crippen molar-refractivity contribution in [2.75, 3.05) is 6.54 Å². The molecule has 0 N–H and O–H groups in total. The zero-order valence-electron chi connectivity index (χ0n) is 13.1. The van der Waals surface area contributed by atoms with Crippen LogP contribution < -0.4 is 0 Å². The molecule has 20 heavy (non-hydrogen) atoms. The number of likely N-dealkylation sites (tertiary alicyclic amines) is 1. The van der Waals surface area contributed by atoms with Crippen molar-refractivity contribution in [2.45, 2.75) is 70.3 Å². The number of halogens is 1. The first-order chi connectivity index (χ1) is 9.61. The zero-order valence-corrected chi connectivity index (χ0v) is 13.9. The number of alkyl halides is 1. The van der Waals surface area contributed by atoms with Crippen molar-refractivity contribution >= 4 is 11.6 Å². The lowest BCUT2D eigenvalue weighted by molar-refractivity contribution is 0.103. The average molecular weight is 294 g/mol. The molecule has 2 heteroatoms. The summed E-state index contributed by atoms with van der Waals surface area (Å²) in [7, 11) is 0. The van der Waals surface area contributed by atoms with E-state index in [9.17, 15) is 0 Å². The van der Waals surface area contributed by atoms with E-state index in [4.69, 9.17) is 11.6 Å². The third-order valence-corrected chi connectivity index (χ3v) is 5.02. The standard InChI is InChI=1S/C18H28ClN/c1-4-6-16-9-11-17(12-10-16)18(19)13-20-14(2)7-5-8-15(20)3/h9-12,14-15,18H,4-8,13H2,1-3H3. The summed E-state index contributed by atoms with van der Waals surface area (Å²) in [5, 5.41) is 0.105. The first-order valence-electron chi connectivity index (χ1n) is 8.10. The van der Waals surface area contributed by atoms with Gasteiger partial charge in [-0.25, -0.2) is 0 Å². The molecule has 2 rings (SSSR count). The van der Waals surface area contributed by atoms with Crippen LogP contribution in [0.25, 0.3) is 0 Å². The highest BCUT2D eigenvalue weighted by Gasteiger charge is 2.26. The Bertz CT molecular complexity index is 390. The molecule has 0 aliphatic carbocycles. The van der Waals surface area contributed by atoms with Crippen molar-refractivity contribution in [3.8, 4) is 0 Å². The van der Waals surface area contributed by atoms with E-state index in [-0.39, 0.29) is 5.38 Å². The minimum Gasteiger partial charge on any atom is -0.296 e. The Kier molecular flexibility index (Phi) is 5.92. The molecule has 0 bridgehead atoms. The second kappa shape index (κ2) is 7.47. The number of hydrogen-bond donors (Lipinski definition) is 0. The first-order valence-corrected chi connectivity index (χ1v) is 8.54. The van der Waals surface area contributed by atoms with Gasteiger partial charge in [0.25, 0.3) is 0 Å². The van der Waals surface area contributed by atoms with Crippen LogP contribution in [0.2, 0.25) is 0 Å². The molecule has 0 saturated carbocycles. The Morgan fingerprint density at radius 3 is 2.30 bits per heavy atom. The van der Waals surface area contributed by atoms with Crippen LogP contribution in [0.4, 0.5) is 0 Å². The quantitative estimate of drug-likeness (QED) is 0.676. The topological polar surface area (TPSA) is 3.24 Å². The molecule has 112 valence electrons. The second-order valence-electron chi connectivity index (χ2n) is 6.28. The predicted molar refractivity (Wildman–Crippen MR) is 88.5 cm³/mol. The van der Waals surface area contributed by atoms with E-state index in [1.807, 2.05) is 0 Å². The van der Waals surface area contributed by atoms with Gasteiger partial charge >= 0.3 is 0 Å². The summed E-state index contributed by atoms with van der Waals surface area (Å²) < 4.78 is 0. The summed E-state index contributed by atoms with van der Waals surface area (Å²) in [6, 6.07) is 10.2. The third kappa shape index (κ3) is 3.99. The minimum absolute atomic E-state index is 0.105. The van der Waals surface area contributed by atoms with Gasteiger partial charge in [0.05, 0.1) is 5.38 Å². The largest absolute Gasteiger partial charge is 0.296 e. The van der Waals surface area contributed by atoms with Gasteiger partial charge in [-0.2, -0.15) is 0 Å². The van der Waals surface area contributed by atoms with Crippen LogP contribution in [-0.2, 0) is 6.42 Å². The van der Waals surface area contributed by atoms with Crippen molar-refractivity contribution in [3.05, 3.63) is 35.4 Å². The number of piperidine rings is 1. The fraction of sp³-hybridized carbons (Fsp3) is 0.667. The average Bonchev–Trinajstić information content (AvgIpc) is 2.44. The zero-order chi connectivity index (χ0) is 14.5. The van der Waals surface area contributed by atoms with E-state index in [0.717, 1.165) is 13.0 Å². The number of nitrogens with zero attached hydrogens (tertiary/aromatic N) is 1. The lowest BCUT2D eigenvalue weighted by Gasteiger charge is -2.40. The maximum atomic E-state index is 6.66. The van der Waals surface area contributed by atoms with Crippen molar-refractivity contribution < 1.29 is 0 Å². The SMILES string of the molecule is CCCc1ccc(C(Cl)CN2C(C)CCCC2C)cc1. The van der Waals surface area contributed by atoms with Gasteiger partial charge in [-0.15, -0.1) is 11.6 Å². The molecule has 1 aliphatic heterocycles. The van der Waals surface area contributed by atoms with E-state index in [0.29, 0.717) is 12.1 Å². The highest BCUT2D eigenvalue weighted by molar-refractivity contribution is 6.21. The summed E-state index contributed by atoms with van der Waals surface area (Å²) in [6.45, 7) is 7.86. The van der Waals surface area contributed by atoms with Gasteiger partial charge in [-0.1, -0.05) is 44.0 Å². The van der Waals surface area contributed by atoms with Gasteiger partial charge in [-0.3, -0.25) is 4.90 Å². The molecule has 1 fully saturated rings. The molecule has 0 radical (unpaired) electrons. The number of benzene rings is 1. The summed E-state index contributed by atoms with van der Waals surface area (Å²) in [5.74, 6) is 0. The highest BCUT2D eigenvalue weighted by Crippen LogP contribution is 2.28. The van der Waals surface area contributed by atoms with E-state index in [2.05, 4.69) is 49.9 Å². The van der Waals surface area contributed by atoms with E-state index >= 15 is 0 Å². The van der Waals surface area contributed by atoms with Crippen LogP contribution in [0.1, 0.15) is 63.0 Å². The summed E-state index contributed by atoms with van der Waals surface area (Å²) in [6.07, 6.45) is 6.34. The van der Waals surface area contributed by atoms with Crippen molar-refractivity contribution in [1.82, 2.24) is 4.90 Å². The van der Waals surface area contributed by atoms with Gasteiger partial charge in [0.1, 0.15) is 0 Å². The van der Waals surface area contributed by atoms with Crippen LogP contribution in [0.5, 0.6) is 0 Å². The Balaban J connectivity index is 1.98. The van der Waals surface area contributed by atoms with Gasteiger partial charge in [0.15, 0.2) is 0 Å². The van der Waals surface area contributed by atoms with Crippen LogP contribution >= 0.6 is 11.6 Å². The van der Waals surface area contributed by atoms with Crippen molar-refractivity contribution in [3.63, 3.8) is 0 Å². The summed E-state index contributed by atoms with van der Waals surface area (Å²) in [4.78, 5) is 2.58. The summed E-state index contributed by atoms with van der Waals surface area (Å²) in [5.41, 5.74) is 2.68. The van der Waals surface area contributed by atoms with Crippen molar-refractivity contribution in [2.24, 2.45) is 0 Å². The monoisotopic (exact) mass is 293 g/mol. The highest BCUT2D eigenvalue weighted by atomic mass is 35.5. The lowest BCUT2D eigenvalue weighted by atomic mass is 9.96. The fourth-order valence-corrected chi connectivity index (χ4v) is 3.61. The molecule has 3 unspecified atom stereocenters. The molecule has 0 spiro atoms. The van der Waals surface area contributed by atoms with Crippen LogP contribution in [0, 0.1) is 0 Å². The second-order valence-corrected chi connectivity index (χ2v) is 6.81. The molecule has 1 aromatic carbocycles. The third-order valence-electron chi connectivity index (χ3n) is 4.63.